The van der Waals surface area contributed by atoms with Crippen LogP contribution in [0.4, 0.5) is 0 Å². The average molecular weight is 629 g/mol. The van der Waals surface area contributed by atoms with Crippen LogP contribution in [0.1, 0.15) is 12.8 Å². The van der Waals surface area contributed by atoms with Crippen molar-refractivity contribution in [2.75, 3.05) is 39.5 Å². The maximum atomic E-state index is 11.8. The van der Waals surface area contributed by atoms with Gasteiger partial charge in [0, 0.05) is 31.1 Å². The van der Waals surface area contributed by atoms with E-state index in [1.165, 1.54) is 0 Å². The Morgan fingerprint density at radius 1 is 0.860 bits per heavy atom. The molecule has 16 atom stereocenters. The lowest BCUT2D eigenvalue weighted by molar-refractivity contribution is -0.308. The maximum Gasteiger partial charge on any atom is 0.186 e. The van der Waals surface area contributed by atoms with Gasteiger partial charge in [-0.05, 0) is 19.4 Å². The molecule has 0 aromatic carbocycles. The molecule has 0 aromatic heterocycles. The van der Waals surface area contributed by atoms with Gasteiger partial charge in [-0.3, -0.25) is 0 Å². The van der Waals surface area contributed by atoms with Gasteiger partial charge in [-0.15, -0.1) is 0 Å². The summed E-state index contributed by atoms with van der Waals surface area (Å²) in [5.74, 6) is -1.00. The van der Waals surface area contributed by atoms with E-state index < -0.39 is 123 Å². The van der Waals surface area contributed by atoms with Crippen molar-refractivity contribution in [2.45, 2.75) is 110 Å². The molecule has 1 saturated carbocycles. The van der Waals surface area contributed by atoms with Crippen molar-refractivity contribution in [2.24, 2.45) is 28.9 Å². The molecule has 1 aliphatic carbocycles. The minimum absolute atomic E-state index is 0.0273. The number of nitrogens with one attached hydrogen (secondary N) is 2. The predicted octanol–water partition coefficient (Wildman–Crippen LogP) is -8.73. The molecule has 2 aliphatic heterocycles. The molecule has 3 fully saturated rings. The molecule has 0 amide bonds. The van der Waals surface area contributed by atoms with Crippen LogP contribution in [0, 0.1) is 5.92 Å². The molecule has 0 bridgehead atoms. The molecular weight excluding hydrogens is 576 g/mol. The van der Waals surface area contributed by atoms with Crippen LogP contribution in [0.2, 0.25) is 0 Å². The minimum atomic E-state index is -1.57. The SMILES string of the molecule is NCCC(O)CNC1C(O)C(O)C(CN)OC1C1C(N)CC(NC(CO)CO)C(OC2OC(CO)C(O)C(N)C2O)C1O. The van der Waals surface area contributed by atoms with Crippen molar-refractivity contribution in [1.82, 2.24) is 10.6 Å². The van der Waals surface area contributed by atoms with Crippen molar-refractivity contribution >= 4 is 0 Å². The second-order valence-electron chi connectivity index (χ2n) is 11.7. The highest BCUT2D eigenvalue weighted by atomic mass is 16.7. The van der Waals surface area contributed by atoms with Gasteiger partial charge in [0.05, 0.1) is 62.4 Å². The summed E-state index contributed by atoms with van der Waals surface area (Å²) < 4.78 is 17.8. The smallest absolute Gasteiger partial charge is 0.186 e. The second kappa shape index (κ2) is 16.7. The summed E-state index contributed by atoms with van der Waals surface area (Å²) >= 11 is 0. The van der Waals surface area contributed by atoms with Crippen LogP contribution in [0.3, 0.4) is 0 Å². The summed E-state index contributed by atoms with van der Waals surface area (Å²) in [6.45, 7) is -1.55. The Hall–Kier alpha value is -0.720. The molecular formula is C25H52N6O12. The van der Waals surface area contributed by atoms with E-state index in [-0.39, 0.29) is 32.5 Å². The standard InChI is InChI=1S/C25H52N6O12/c26-2-1-10(35)5-30-17-22(40)19(37)13(4-27)41-24(17)15-11(28)3-12(31-9(6-32)7-33)23(20(15)38)43-25-21(39)16(29)18(36)14(8-34)42-25/h9-25,30-40H,1-8,26-29H2. The normalized spacial score (nSPS) is 44.9. The van der Waals surface area contributed by atoms with E-state index in [0.29, 0.717) is 0 Å². The molecule has 2 saturated heterocycles. The average Bonchev–Trinajstić information content (AvgIpc) is 2.98. The summed E-state index contributed by atoms with van der Waals surface area (Å²) in [5.41, 5.74) is 23.9. The fourth-order valence-electron chi connectivity index (χ4n) is 6.24. The molecule has 0 radical (unpaired) electrons. The molecule has 2 heterocycles. The molecule has 3 rings (SSSR count). The van der Waals surface area contributed by atoms with Gasteiger partial charge < -0.3 is 93.7 Å². The summed E-state index contributed by atoms with van der Waals surface area (Å²) in [4.78, 5) is 0. The van der Waals surface area contributed by atoms with Crippen molar-refractivity contribution < 1.29 is 60.2 Å². The molecule has 0 aromatic rings. The van der Waals surface area contributed by atoms with E-state index >= 15 is 0 Å². The Kier molecular flexibility index (Phi) is 14.3. The summed E-state index contributed by atoms with van der Waals surface area (Å²) in [6, 6.07) is -4.81. The molecule has 254 valence electrons. The molecule has 3 aliphatic rings. The highest BCUT2D eigenvalue weighted by Gasteiger charge is 2.55. The van der Waals surface area contributed by atoms with Gasteiger partial charge in [0.25, 0.3) is 0 Å². The molecule has 43 heavy (non-hydrogen) atoms. The lowest BCUT2D eigenvalue weighted by atomic mass is 9.71. The van der Waals surface area contributed by atoms with Gasteiger partial charge in [0.15, 0.2) is 6.29 Å². The topological polar surface area (TPSA) is 338 Å². The highest BCUT2D eigenvalue weighted by molar-refractivity contribution is 5.09. The van der Waals surface area contributed by atoms with E-state index in [1.807, 2.05) is 0 Å². The lowest BCUT2D eigenvalue weighted by Crippen LogP contribution is -2.73. The van der Waals surface area contributed by atoms with E-state index in [4.69, 9.17) is 37.1 Å². The van der Waals surface area contributed by atoms with E-state index in [1.54, 1.807) is 0 Å². The molecule has 19 N–H and O–H groups in total. The van der Waals surface area contributed by atoms with Crippen LogP contribution < -0.4 is 33.6 Å². The number of nitrogens with two attached hydrogens (primary N) is 4. The maximum absolute atomic E-state index is 11.8. The summed E-state index contributed by atoms with van der Waals surface area (Å²) in [6.07, 6.45) is -14.0. The van der Waals surface area contributed by atoms with Crippen LogP contribution in [0.15, 0.2) is 0 Å². The second-order valence-corrected chi connectivity index (χ2v) is 11.7. The number of aliphatic hydroxyl groups excluding tert-OH is 9. The number of hydrogen-bond donors (Lipinski definition) is 15. The molecule has 18 nitrogen and oxygen atoms in total. The number of aliphatic hydroxyl groups is 9. The van der Waals surface area contributed by atoms with Gasteiger partial charge in [-0.25, -0.2) is 0 Å². The zero-order valence-electron chi connectivity index (χ0n) is 24.0. The highest BCUT2D eigenvalue weighted by Crippen LogP contribution is 2.37. The first-order valence-electron chi connectivity index (χ1n) is 14.7. The zero-order valence-corrected chi connectivity index (χ0v) is 24.0. The monoisotopic (exact) mass is 628 g/mol. The Balaban J connectivity index is 1.95. The number of rotatable bonds is 14. The first-order chi connectivity index (χ1) is 20.4. The lowest BCUT2D eigenvalue weighted by Gasteiger charge is -2.53. The Labute approximate surface area is 249 Å². The third kappa shape index (κ3) is 8.36. The van der Waals surface area contributed by atoms with Crippen molar-refractivity contribution in [1.29, 1.82) is 0 Å². The van der Waals surface area contributed by atoms with Crippen LogP contribution in [0.5, 0.6) is 0 Å². The van der Waals surface area contributed by atoms with E-state index in [2.05, 4.69) is 10.6 Å². The third-order valence-electron chi connectivity index (χ3n) is 8.75. The van der Waals surface area contributed by atoms with Crippen molar-refractivity contribution in [3.63, 3.8) is 0 Å². The van der Waals surface area contributed by atoms with Gasteiger partial charge in [0.2, 0.25) is 0 Å². The quantitative estimate of drug-likeness (QED) is 0.0848. The van der Waals surface area contributed by atoms with E-state index in [9.17, 15) is 46.0 Å². The zero-order chi connectivity index (χ0) is 32.0. The van der Waals surface area contributed by atoms with Gasteiger partial charge in [-0.2, -0.15) is 0 Å². The molecule has 18 heteroatoms. The summed E-state index contributed by atoms with van der Waals surface area (Å²) in [5, 5.41) is 99.9. The molecule has 0 spiro atoms. The summed E-state index contributed by atoms with van der Waals surface area (Å²) in [7, 11) is 0. The fourth-order valence-corrected chi connectivity index (χ4v) is 6.24. The predicted molar refractivity (Wildman–Crippen MR) is 149 cm³/mol. The Bertz CT molecular complexity index is 821. The van der Waals surface area contributed by atoms with Crippen molar-refractivity contribution in [3.05, 3.63) is 0 Å². The van der Waals surface area contributed by atoms with Crippen LogP contribution in [-0.4, -0.2) is 183 Å². The van der Waals surface area contributed by atoms with Gasteiger partial charge >= 0.3 is 0 Å². The number of ether oxygens (including phenoxy) is 3. The number of hydrogen-bond acceptors (Lipinski definition) is 18. The van der Waals surface area contributed by atoms with E-state index in [0.717, 1.165) is 0 Å². The first-order valence-corrected chi connectivity index (χ1v) is 14.7. The van der Waals surface area contributed by atoms with Crippen molar-refractivity contribution in [3.8, 4) is 0 Å². The molecule has 16 unspecified atom stereocenters. The third-order valence-corrected chi connectivity index (χ3v) is 8.75. The minimum Gasteiger partial charge on any atom is -0.395 e. The fraction of sp³-hybridized carbons (Fsp3) is 1.00. The van der Waals surface area contributed by atoms with Crippen LogP contribution in [-0.2, 0) is 14.2 Å². The first kappa shape index (κ1) is 36.7. The Morgan fingerprint density at radius 2 is 1.53 bits per heavy atom. The largest absolute Gasteiger partial charge is 0.395 e. The van der Waals surface area contributed by atoms with Crippen LogP contribution in [0.25, 0.3) is 0 Å². The Morgan fingerprint density at radius 3 is 2.12 bits per heavy atom. The van der Waals surface area contributed by atoms with Gasteiger partial charge in [-0.1, -0.05) is 0 Å². The van der Waals surface area contributed by atoms with Gasteiger partial charge in [0.1, 0.15) is 36.6 Å². The van der Waals surface area contributed by atoms with Crippen LogP contribution >= 0.6 is 0 Å².